The second-order valence-corrected chi connectivity index (χ2v) is 6.03. The lowest BCUT2D eigenvalue weighted by atomic mass is 10.1. The fourth-order valence-electron chi connectivity index (χ4n) is 2.58. The number of thiophene rings is 1. The highest BCUT2D eigenvalue weighted by atomic mass is 32.1. The zero-order valence-electron chi connectivity index (χ0n) is 12.2. The molecule has 5 nitrogen and oxygen atoms in total. The zero-order valence-corrected chi connectivity index (χ0v) is 13.0. The van der Waals surface area contributed by atoms with E-state index < -0.39 is 0 Å². The van der Waals surface area contributed by atoms with Crippen LogP contribution in [0, 0.1) is 0 Å². The molecule has 1 saturated heterocycles. The summed E-state index contributed by atoms with van der Waals surface area (Å²) in [5.41, 5.74) is 2.21. The maximum Gasteiger partial charge on any atom is 0.233 e. The largest absolute Gasteiger partial charge is 0.480 e. The van der Waals surface area contributed by atoms with Gasteiger partial charge in [-0.25, -0.2) is 0 Å². The third kappa shape index (κ3) is 3.58. The first-order valence-electron chi connectivity index (χ1n) is 7.01. The summed E-state index contributed by atoms with van der Waals surface area (Å²) in [5.74, 6) is 0.547. The lowest BCUT2D eigenvalue weighted by Gasteiger charge is -2.36. The van der Waals surface area contributed by atoms with Crippen LogP contribution in [0.3, 0.4) is 0 Å². The van der Waals surface area contributed by atoms with Crippen molar-refractivity contribution in [3.63, 3.8) is 0 Å². The van der Waals surface area contributed by atoms with Crippen LogP contribution in [0.1, 0.15) is 24.3 Å². The van der Waals surface area contributed by atoms with Gasteiger partial charge in [-0.05, 0) is 35.4 Å². The molecule has 2 atom stereocenters. The highest BCUT2D eigenvalue weighted by Crippen LogP contribution is 2.27. The van der Waals surface area contributed by atoms with Crippen LogP contribution in [0.4, 0.5) is 0 Å². The molecular formula is C15H19N3O2S. The number of ether oxygens (including phenoxy) is 2. The zero-order chi connectivity index (χ0) is 14.7. The van der Waals surface area contributed by atoms with E-state index in [1.54, 1.807) is 18.4 Å². The van der Waals surface area contributed by atoms with Gasteiger partial charge in [-0.1, -0.05) is 0 Å². The second kappa shape index (κ2) is 6.51. The van der Waals surface area contributed by atoms with Crippen molar-refractivity contribution < 1.29 is 9.47 Å². The van der Waals surface area contributed by atoms with Crippen LogP contribution in [-0.4, -0.2) is 41.4 Å². The number of hydrogen-bond donors (Lipinski definition) is 0. The lowest BCUT2D eigenvalue weighted by molar-refractivity contribution is -0.0815. The van der Waals surface area contributed by atoms with Crippen molar-refractivity contribution in [1.29, 1.82) is 0 Å². The molecule has 112 valence electrons. The third-order valence-corrected chi connectivity index (χ3v) is 4.24. The third-order valence-electron chi connectivity index (χ3n) is 3.54. The normalized spacial score (nSPS) is 23.1. The monoisotopic (exact) mass is 305 g/mol. The first-order chi connectivity index (χ1) is 10.2. The van der Waals surface area contributed by atoms with Crippen molar-refractivity contribution in [2.75, 3.05) is 20.2 Å². The van der Waals surface area contributed by atoms with Crippen LogP contribution in [0.15, 0.2) is 29.0 Å². The van der Waals surface area contributed by atoms with Crippen molar-refractivity contribution in [3.8, 4) is 5.88 Å². The first-order valence-corrected chi connectivity index (χ1v) is 7.95. The van der Waals surface area contributed by atoms with E-state index in [0.29, 0.717) is 5.88 Å². The van der Waals surface area contributed by atoms with Gasteiger partial charge in [0, 0.05) is 25.7 Å². The Hall–Kier alpha value is -1.50. The molecule has 0 unspecified atom stereocenters. The summed E-state index contributed by atoms with van der Waals surface area (Å²) in [7, 11) is 1.60. The standard InChI is InChI=1S/C15H19N3O2S/c1-11-7-18(8-13-3-4-15(19-2)17-16-13)9-14(20-11)12-5-6-21-10-12/h3-6,10-11,14H,7-9H2,1-2H3/t11-,14+/m1/s1. The average molecular weight is 305 g/mol. The van der Waals surface area contributed by atoms with E-state index in [9.17, 15) is 0 Å². The molecule has 1 fully saturated rings. The minimum Gasteiger partial charge on any atom is -0.480 e. The first kappa shape index (κ1) is 14.4. The smallest absolute Gasteiger partial charge is 0.233 e. The van der Waals surface area contributed by atoms with Crippen LogP contribution >= 0.6 is 11.3 Å². The second-order valence-electron chi connectivity index (χ2n) is 5.25. The molecule has 0 radical (unpaired) electrons. The topological polar surface area (TPSA) is 47.5 Å². The van der Waals surface area contributed by atoms with Gasteiger partial charge in [0.1, 0.15) is 0 Å². The molecule has 0 aliphatic carbocycles. The molecule has 0 spiro atoms. The van der Waals surface area contributed by atoms with Gasteiger partial charge in [0.2, 0.25) is 5.88 Å². The molecule has 0 bridgehead atoms. The SMILES string of the molecule is COc1ccc(CN2C[C@@H](C)O[C@H](c3ccsc3)C2)nn1. The molecule has 0 saturated carbocycles. The Bertz CT molecular complexity index is 559. The molecule has 0 amide bonds. The van der Waals surface area contributed by atoms with E-state index in [4.69, 9.17) is 9.47 Å². The molecule has 21 heavy (non-hydrogen) atoms. The van der Waals surface area contributed by atoms with E-state index in [-0.39, 0.29) is 12.2 Å². The van der Waals surface area contributed by atoms with Crippen molar-refractivity contribution >= 4 is 11.3 Å². The van der Waals surface area contributed by atoms with Gasteiger partial charge in [0.15, 0.2) is 0 Å². The minimum absolute atomic E-state index is 0.145. The van der Waals surface area contributed by atoms with Gasteiger partial charge in [0.05, 0.1) is 25.0 Å². The summed E-state index contributed by atoms with van der Waals surface area (Å²) < 4.78 is 11.1. The Labute approximate surface area is 128 Å². The number of nitrogens with zero attached hydrogens (tertiary/aromatic N) is 3. The quantitative estimate of drug-likeness (QED) is 0.868. The molecule has 0 aromatic carbocycles. The van der Waals surface area contributed by atoms with Gasteiger partial charge in [-0.15, -0.1) is 5.10 Å². The number of hydrogen-bond acceptors (Lipinski definition) is 6. The van der Waals surface area contributed by atoms with Gasteiger partial charge >= 0.3 is 0 Å². The molecule has 2 aromatic heterocycles. The van der Waals surface area contributed by atoms with Gasteiger partial charge < -0.3 is 9.47 Å². The number of morpholine rings is 1. The fraction of sp³-hybridized carbons (Fsp3) is 0.467. The maximum atomic E-state index is 6.04. The minimum atomic E-state index is 0.145. The van der Waals surface area contributed by atoms with Crippen LogP contribution < -0.4 is 4.74 Å². The summed E-state index contributed by atoms with van der Waals surface area (Å²) in [5, 5.41) is 12.5. The van der Waals surface area contributed by atoms with Gasteiger partial charge in [-0.3, -0.25) is 4.90 Å². The Morgan fingerprint density at radius 3 is 2.90 bits per heavy atom. The molecule has 2 aromatic rings. The van der Waals surface area contributed by atoms with E-state index in [1.165, 1.54) is 5.56 Å². The van der Waals surface area contributed by atoms with E-state index in [1.807, 2.05) is 12.1 Å². The molecular weight excluding hydrogens is 286 g/mol. The predicted molar refractivity (Wildman–Crippen MR) is 81.5 cm³/mol. The van der Waals surface area contributed by atoms with E-state index >= 15 is 0 Å². The van der Waals surface area contributed by atoms with Crippen LogP contribution in [0.2, 0.25) is 0 Å². The molecule has 3 rings (SSSR count). The van der Waals surface area contributed by atoms with Crippen LogP contribution in [-0.2, 0) is 11.3 Å². The predicted octanol–water partition coefficient (Wildman–Crippen LogP) is 2.51. The van der Waals surface area contributed by atoms with Gasteiger partial charge in [-0.2, -0.15) is 16.4 Å². The van der Waals surface area contributed by atoms with Crippen molar-refractivity contribution in [3.05, 3.63) is 40.2 Å². The molecule has 1 aliphatic heterocycles. The van der Waals surface area contributed by atoms with Crippen LogP contribution in [0.25, 0.3) is 0 Å². The Morgan fingerprint density at radius 2 is 2.24 bits per heavy atom. The Kier molecular flexibility index (Phi) is 4.48. The molecule has 0 N–H and O–H groups in total. The summed E-state index contributed by atoms with van der Waals surface area (Å²) in [4.78, 5) is 2.37. The van der Waals surface area contributed by atoms with Crippen LogP contribution in [0.5, 0.6) is 5.88 Å². The number of methoxy groups -OCH3 is 1. The summed E-state index contributed by atoms with van der Waals surface area (Å²) in [6.07, 6.45) is 0.362. The van der Waals surface area contributed by atoms with Crippen molar-refractivity contribution in [2.24, 2.45) is 0 Å². The Balaban J connectivity index is 1.66. The summed E-state index contributed by atoms with van der Waals surface area (Å²) in [6.45, 7) is 4.69. The van der Waals surface area contributed by atoms with Gasteiger partial charge in [0.25, 0.3) is 0 Å². The molecule has 6 heteroatoms. The van der Waals surface area contributed by atoms with Crippen molar-refractivity contribution in [2.45, 2.75) is 25.7 Å². The number of rotatable bonds is 4. The highest BCUT2D eigenvalue weighted by Gasteiger charge is 2.26. The summed E-state index contributed by atoms with van der Waals surface area (Å²) >= 11 is 1.71. The number of aromatic nitrogens is 2. The lowest BCUT2D eigenvalue weighted by Crippen LogP contribution is -2.42. The highest BCUT2D eigenvalue weighted by molar-refractivity contribution is 7.07. The molecule has 1 aliphatic rings. The Morgan fingerprint density at radius 1 is 1.33 bits per heavy atom. The van der Waals surface area contributed by atoms with Crippen molar-refractivity contribution in [1.82, 2.24) is 15.1 Å². The van der Waals surface area contributed by atoms with E-state index in [0.717, 1.165) is 25.3 Å². The summed E-state index contributed by atoms with van der Waals surface area (Å²) in [6, 6.07) is 5.95. The molecule has 3 heterocycles. The van der Waals surface area contributed by atoms with E-state index in [2.05, 4.69) is 38.8 Å². The maximum absolute atomic E-state index is 6.04. The average Bonchev–Trinajstić information content (AvgIpc) is 3.02. The fourth-order valence-corrected chi connectivity index (χ4v) is 3.28.